The van der Waals surface area contributed by atoms with E-state index in [2.05, 4.69) is 11.8 Å². The van der Waals surface area contributed by atoms with Crippen LogP contribution >= 0.6 is 11.6 Å². The summed E-state index contributed by atoms with van der Waals surface area (Å²) < 4.78 is 13.1. The molecule has 0 amide bonds. The van der Waals surface area contributed by atoms with E-state index >= 15 is 0 Å². The van der Waals surface area contributed by atoms with Crippen LogP contribution in [0.25, 0.3) is 0 Å². The molecule has 0 aromatic heterocycles. The van der Waals surface area contributed by atoms with Gasteiger partial charge in [-0.25, -0.2) is 4.39 Å². The van der Waals surface area contributed by atoms with E-state index in [0.717, 1.165) is 0 Å². The molecule has 1 N–H and O–H groups in total. The van der Waals surface area contributed by atoms with Gasteiger partial charge in [-0.05, 0) is 38.5 Å². The van der Waals surface area contributed by atoms with E-state index in [-0.39, 0.29) is 10.8 Å². The van der Waals surface area contributed by atoms with Crippen LogP contribution < -0.4 is 0 Å². The molecular formula is C12H12ClFO. The zero-order valence-corrected chi connectivity index (χ0v) is 9.61. The summed E-state index contributed by atoms with van der Waals surface area (Å²) >= 11 is 5.81. The molecule has 1 aromatic carbocycles. The van der Waals surface area contributed by atoms with Gasteiger partial charge >= 0.3 is 0 Å². The second kappa shape index (κ2) is 4.22. The quantitative estimate of drug-likeness (QED) is 0.675. The van der Waals surface area contributed by atoms with Gasteiger partial charge in [-0.15, -0.1) is 0 Å². The van der Waals surface area contributed by atoms with Gasteiger partial charge < -0.3 is 5.11 Å². The van der Waals surface area contributed by atoms with Gasteiger partial charge in [-0.1, -0.05) is 23.4 Å². The molecule has 0 radical (unpaired) electrons. The summed E-state index contributed by atoms with van der Waals surface area (Å²) in [6, 6.07) is 2.79. The predicted molar refractivity (Wildman–Crippen MR) is 59.3 cm³/mol. The molecule has 0 fully saturated rings. The maximum absolute atomic E-state index is 13.1. The van der Waals surface area contributed by atoms with Crippen LogP contribution in [0, 0.1) is 24.6 Å². The first-order valence-corrected chi connectivity index (χ1v) is 4.88. The fourth-order valence-corrected chi connectivity index (χ4v) is 1.17. The Morgan fingerprint density at radius 3 is 2.53 bits per heavy atom. The molecule has 0 saturated carbocycles. The van der Waals surface area contributed by atoms with Crippen molar-refractivity contribution in [1.29, 1.82) is 0 Å². The van der Waals surface area contributed by atoms with Gasteiger partial charge in [0.15, 0.2) is 0 Å². The number of rotatable bonds is 0. The highest BCUT2D eigenvalue weighted by Gasteiger charge is 2.07. The molecule has 1 nitrogen and oxygen atoms in total. The summed E-state index contributed by atoms with van der Waals surface area (Å²) in [5.41, 5.74) is -0.0665. The molecule has 80 valence electrons. The molecule has 0 aliphatic rings. The molecule has 0 atom stereocenters. The molecule has 0 heterocycles. The molecular weight excluding hydrogens is 215 g/mol. The van der Waals surface area contributed by atoms with Crippen LogP contribution in [0.1, 0.15) is 25.0 Å². The first-order chi connectivity index (χ1) is 6.79. The lowest BCUT2D eigenvalue weighted by atomic mass is 10.1. The highest BCUT2D eigenvalue weighted by Crippen LogP contribution is 2.19. The Morgan fingerprint density at radius 2 is 2.00 bits per heavy atom. The highest BCUT2D eigenvalue weighted by atomic mass is 35.5. The van der Waals surface area contributed by atoms with E-state index in [1.54, 1.807) is 26.8 Å². The van der Waals surface area contributed by atoms with Crippen LogP contribution in [0.4, 0.5) is 4.39 Å². The number of hydrogen-bond donors (Lipinski definition) is 1. The van der Waals surface area contributed by atoms with Crippen molar-refractivity contribution >= 4 is 11.6 Å². The Balaban J connectivity index is 3.15. The lowest BCUT2D eigenvalue weighted by molar-refractivity contribution is 0.143. The minimum absolute atomic E-state index is 0.259. The van der Waals surface area contributed by atoms with E-state index in [0.29, 0.717) is 11.1 Å². The van der Waals surface area contributed by atoms with E-state index in [1.165, 1.54) is 6.07 Å². The average molecular weight is 227 g/mol. The number of hydrogen-bond acceptors (Lipinski definition) is 1. The third-order valence-corrected chi connectivity index (χ3v) is 2.06. The Kier molecular flexibility index (Phi) is 3.38. The molecule has 0 saturated heterocycles. The first kappa shape index (κ1) is 12.0. The Hall–Kier alpha value is -1.04. The summed E-state index contributed by atoms with van der Waals surface area (Å²) in [7, 11) is 0. The van der Waals surface area contributed by atoms with Crippen LogP contribution in [-0.4, -0.2) is 10.7 Å². The zero-order valence-electron chi connectivity index (χ0n) is 8.86. The topological polar surface area (TPSA) is 20.2 Å². The Labute approximate surface area is 93.9 Å². The third-order valence-electron chi connectivity index (χ3n) is 1.75. The van der Waals surface area contributed by atoms with Crippen LogP contribution in [0.15, 0.2) is 12.1 Å². The van der Waals surface area contributed by atoms with Crippen LogP contribution in [0.3, 0.4) is 0 Å². The molecule has 0 aliphatic carbocycles. The van der Waals surface area contributed by atoms with Crippen molar-refractivity contribution in [2.75, 3.05) is 0 Å². The van der Waals surface area contributed by atoms with E-state index in [9.17, 15) is 9.50 Å². The SMILES string of the molecule is Cc1cc(C#CC(C)(C)O)c(Cl)cc1F. The van der Waals surface area contributed by atoms with E-state index in [1.807, 2.05) is 0 Å². The molecule has 1 rings (SSSR count). The number of benzene rings is 1. The second-order valence-corrected chi connectivity index (χ2v) is 4.30. The van der Waals surface area contributed by atoms with Crippen molar-refractivity contribution in [3.8, 4) is 11.8 Å². The van der Waals surface area contributed by atoms with Crippen molar-refractivity contribution in [1.82, 2.24) is 0 Å². The lowest BCUT2D eigenvalue weighted by Crippen LogP contribution is -2.14. The molecule has 3 heteroatoms. The monoisotopic (exact) mass is 226 g/mol. The molecule has 0 unspecified atom stereocenters. The summed E-state index contributed by atoms with van der Waals surface area (Å²) in [5.74, 6) is 4.99. The molecule has 1 aromatic rings. The third kappa shape index (κ3) is 3.54. The largest absolute Gasteiger partial charge is 0.378 e. The van der Waals surface area contributed by atoms with E-state index < -0.39 is 5.60 Å². The number of aryl methyl sites for hydroxylation is 1. The van der Waals surface area contributed by atoms with Crippen molar-refractivity contribution < 1.29 is 9.50 Å². The fraction of sp³-hybridized carbons (Fsp3) is 0.333. The summed E-state index contributed by atoms with van der Waals surface area (Å²) in [6.45, 7) is 4.79. The van der Waals surface area contributed by atoms with Gasteiger partial charge in [-0.3, -0.25) is 0 Å². The second-order valence-electron chi connectivity index (χ2n) is 3.89. The van der Waals surface area contributed by atoms with Gasteiger partial charge in [0, 0.05) is 5.56 Å². The fourth-order valence-electron chi connectivity index (χ4n) is 0.973. The Morgan fingerprint density at radius 1 is 1.40 bits per heavy atom. The smallest absolute Gasteiger partial charge is 0.127 e. The molecule has 0 spiro atoms. The van der Waals surface area contributed by atoms with Crippen molar-refractivity contribution in [3.05, 3.63) is 34.1 Å². The lowest BCUT2D eigenvalue weighted by Gasteiger charge is -2.06. The molecule has 15 heavy (non-hydrogen) atoms. The summed E-state index contributed by atoms with van der Waals surface area (Å²) in [5, 5.41) is 9.66. The van der Waals surface area contributed by atoms with Gasteiger partial charge in [0.05, 0.1) is 5.02 Å². The van der Waals surface area contributed by atoms with Gasteiger partial charge in [0.25, 0.3) is 0 Å². The minimum atomic E-state index is -1.08. The number of aliphatic hydroxyl groups is 1. The standard InChI is InChI=1S/C12H12ClFO/c1-8-6-9(4-5-12(2,3)15)10(13)7-11(8)14/h6-7,15H,1-3H3. The van der Waals surface area contributed by atoms with Gasteiger partial charge in [0.2, 0.25) is 0 Å². The Bertz CT molecular complexity index is 435. The predicted octanol–water partition coefficient (Wildman–Crippen LogP) is 2.91. The highest BCUT2D eigenvalue weighted by molar-refractivity contribution is 6.31. The van der Waals surface area contributed by atoms with Crippen LogP contribution in [0.2, 0.25) is 5.02 Å². The van der Waals surface area contributed by atoms with Crippen molar-refractivity contribution in [2.24, 2.45) is 0 Å². The summed E-state index contributed by atoms with van der Waals surface area (Å²) in [4.78, 5) is 0. The van der Waals surface area contributed by atoms with Gasteiger partial charge in [-0.2, -0.15) is 0 Å². The van der Waals surface area contributed by atoms with Crippen LogP contribution in [0.5, 0.6) is 0 Å². The van der Waals surface area contributed by atoms with Crippen LogP contribution in [-0.2, 0) is 0 Å². The maximum Gasteiger partial charge on any atom is 0.127 e. The molecule has 0 bridgehead atoms. The number of halogens is 2. The van der Waals surface area contributed by atoms with Crippen molar-refractivity contribution in [2.45, 2.75) is 26.4 Å². The first-order valence-electron chi connectivity index (χ1n) is 4.51. The van der Waals surface area contributed by atoms with Gasteiger partial charge in [0.1, 0.15) is 11.4 Å². The molecule has 0 aliphatic heterocycles. The van der Waals surface area contributed by atoms with Crippen molar-refractivity contribution in [3.63, 3.8) is 0 Å². The average Bonchev–Trinajstić information content (AvgIpc) is 2.07. The maximum atomic E-state index is 13.1. The van der Waals surface area contributed by atoms with E-state index in [4.69, 9.17) is 11.6 Å². The summed E-state index contributed by atoms with van der Waals surface area (Å²) in [6.07, 6.45) is 0. The normalized spacial score (nSPS) is 10.8. The zero-order chi connectivity index (χ0) is 11.6. The minimum Gasteiger partial charge on any atom is -0.378 e.